The number of fused-ring (bicyclic) bond motifs is 4. The Morgan fingerprint density at radius 1 is 0.792 bits per heavy atom. The average molecular weight is 351 g/mol. The number of pyridine rings is 1. The van der Waals surface area contributed by atoms with E-state index in [0.717, 1.165) is 20.4 Å². The lowest BCUT2D eigenvalue weighted by molar-refractivity contribution is 0.578. The molecule has 0 saturated heterocycles. The lowest BCUT2D eigenvalue weighted by Crippen LogP contribution is -1.76. The van der Waals surface area contributed by atoms with E-state index in [4.69, 9.17) is 8.83 Å². The summed E-state index contributed by atoms with van der Waals surface area (Å²) in [6.45, 7) is 0. The van der Waals surface area contributed by atoms with Crippen molar-refractivity contribution in [3.63, 3.8) is 0 Å². The van der Waals surface area contributed by atoms with E-state index in [0.29, 0.717) is 33.4 Å². The third-order valence-electron chi connectivity index (χ3n) is 3.71. The Labute approximate surface area is 140 Å². The van der Waals surface area contributed by atoms with E-state index in [1.807, 2.05) is 11.6 Å². The van der Waals surface area contributed by atoms with Crippen molar-refractivity contribution >= 4 is 65.6 Å². The molecule has 114 valence electrons. The van der Waals surface area contributed by atoms with Crippen molar-refractivity contribution in [1.82, 2.24) is 24.9 Å². The highest BCUT2D eigenvalue weighted by molar-refractivity contribution is 7.22. The lowest BCUT2D eigenvalue weighted by atomic mass is 10.3. The first-order valence-corrected chi connectivity index (χ1v) is 8.68. The van der Waals surface area contributed by atoms with Crippen LogP contribution in [-0.4, -0.2) is 24.9 Å². The molecule has 0 bridgehead atoms. The molecule has 0 fully saturated rings. The summed E-state index contributed by atoms with van der Waals surface area (Å²) in [7, 11) is 0. The Bertz CT molecular complexity index is 1170. The zero-order valence-electron chi connectivity index (χ0n) is 11.8. The van der Waals surface area contributed by atoms with Gasteiger partial charge in [0.2, 0.25) is 5.71 Å². The van der Waals surface area contributed by atoms with Crippen molar-refractivity contribution in [2.45, 2.75) is 0 Å². The molecule has 5 heterocycles. The monoisotopic (exact) mass is 351 g/mol. The van der Waals surface area contributed by atoms with Gasteiger partial charge in [-0.05, 0) is 12.1 Å². The molecule has 0 spiro atoms. The topological polar surface area (TPSA) is 90.7 Å². The molecule has 5 aromatic heterocycles. The Hall–Kier alpha value is -2.91. The number of oxazole rings is 2. The van der Waals surface area contributed by atoms with Gasteiger partial charge in [0, 0.05) is 6.07 Å². The summed E-state index contributed by atoms with van der Waals surface area (Å²) in [5.41, 5.74) is 5.81. The van der Waals surface area contributed by atoms with Crippen LogP contribution in [0.2, 0.25) is 0 Å². The molecular weight excluding hydrogens is 346 g/mol. The Morgan fingerprint density at radius 2 is 1.75 bits per heavy atom. The number of nitrogens with zero attached hydrogens (tertiary/aromatic N) is 5. The van der Waals surface area contributed by atoms with E-state index < -0.39 is 0 Å². The summed E-state index contributed by atoms with van der Waals surface area (Å²) in [4.78, 5) is 21.8. The predicted octanol–water partition coefficient (Wildman–Crippen LogP) is 4.25. The zero-order valence-corrected chi connectivity index (χ0v) is 13.4. The van der Waals surface area contributed by atoms with Gasteiger partial charge in [-0.15, -0.1) is 22.7 Å². The number of aromatic nitrogens is 5. The van der Waals surface area contributed by atoms with Crippen LogP contribution in [0.25, 0.3) is 53.8 Å². The van der Waals surface area contributed by atoms with E-state index in [1.54, 1.807) is 17.4 Å². The van der Waals surface area contributed by atoms with Crippen LogP contribution >= 0.6 is 22.7 Å². The van der Waals surface area contributed by atoms with Crippen LogP contribution in [0, 0.1) is 0 Å². The quantitative estimate of drug-likeness (QED) is 0.437. The number of benzene rings is 1. The van der Waals surface area contributed by atoms with E-state index in [2.05, 4.69) is 31.0 Å². The largest absolute Gasteiger partial charge is 0.425 e. The maximum absolute atomic E-state index is 5.77. The number of rotatable bonds is 1. The van der Waals surface area contributed by atoms with Crippen LogP contribution in [0.1, 0.15) is 0 Å². The second kappa shape index (κ2) is 4.34. The first-order chi connectivity index (χ1) is 11.8. The van der Waals surface area contributed by atoms with E-state index in [9.17, 15) is 0 Å². The molecule has 24 heavy (non-hydrogen) atoms. The Kier molecular flexibility index (Phi) is 2.26. The van der Waals surface area contributed by atoms with Crippen LogP contribution in [0.3, 0.4) is 0 Å². The van der Waals surface area contributed by atoms with Crippen LogP contribution in [0.5, 0.6) is 0 Å². The van der Waals surface area contributed by atoms with Crippen LogP contribution in [0.15, 0.2) is 38.9 Å². The minimum absolute atomic E-state index is 0.413. The molecule has 0 aliphatic carbocycles. The van der Waals surface area contributed by atoms with Gasteiger partial charge < -0.3 is 8.83 Å². The molecule has 0 amide bonds. The maximum Gasteiger partial charge on any atom is 0.258 e. The molecule has 0 aliphatic rings. The summed E-state index contributed by atoms with van der Waals surface area (Å²) < 4.78 is 13.2. The van der Waals surface area contributed by atoms with Gasteiger partial charge in [-0.1, -0.05) is 0 Å². The van der Waals surface area contributed by atoms with Crippen molar-refractivity contribution in [3.05, 3.63) is 30.1 Å². The van der Waals surface area contributed by atoms with Gasteiger partial charge in [-0.2, -0.15) is 4.98 Å². The second-order valence-electron chi connectivity index (χ2n) is 5.17. The van der Waals surface area contributed by atoms with Crippen LogP contribution in [0.4, 0.5) is 0 Å². The third-order valence-corrected chi connectivity index (χ3v) is 5.51. The van der Waals surface area contributed by atoms with Crippen molar-refractivity contribution in [3.8, 4) is 10.9 Å². The van der Waals surface area contributed by atoms with Gasteiger partial charge in [-0.25, -0.2) is 19.9 Å². The Balaban J connectivity index is 1.58. The van der Waals surface area contributed by atoms with Gasteiger partial charge in [0.05, 0.1) is 25.9 Å². The van der Waals surface area contributed by atoms with E-state index >= 15 is 0 Å². The molecule has 7 nitrogen and oxygen atoms in total. The number of hydrogen-bond donors (Lipinski definition) is 0. The molecule has 1 aromatic carbocycles. The fraction of sp³-hybridized carbons (Fsp3) is 0. The Morgan fingerprint density at radius 3 is 2.75 bits per heavy atom. The van der Waals surface area contributed by atoms with Gasteiger partial charge in [0.15, 0.2) is 11.4 Å². The van der Waals surface area contributed by atoms with Crippen LogP contribution in [-0.2, 0) is 0 Å². The average Bonchev–Trinajstić information content (AvgIpc) is 3.33. The SMILES string of the molecule is c1nc2cc3nc(-c4nc5cc6ncsc6cc5s4)oc3nc2o1. The highest BCUT2D eigenvalue weighted by atomic mass is 32.1. The first kappa shape index (κ1) is 12.5. The van der Waals surface area contributed by atoms with Gasteiger partial charge in [0.25, 0.3) is 11.6 Å². The first-order valence-electron chi connectivity index (χ1n) is 6.98. The summed E-state index contributed by atoms with van der Waals surface area (Å²) >= 11 is 3.15. The highest BCUT2D eigenvalue weighted by Gasteiger charge is 2.16. The molecule has 0 aliphatic heterocycles. The van der Waals surface area contributed by atoms with Gasteiger partial charge >= 0.3 is 0 Å². The minimum atomic E-state index is 0.413. The summed E-state index contributed by atoms with van der Waals surface area (Å²) in [5, 5.41) is 0.713. The molecule has 9 heteroatoms. The van der Waals surface area contributed by atoms with Crippen molar-refractivity contribution in [2.24, 2.45) is 0 Å². The van der Waals surface area contributed by atoms with E-state index in [1.165, 1.54) is 17.7 Å². The van der Waals surface area contributed by atoms with Gasteiger partial charge in [-0.3, -0.25) is 0 Å². The fourth-order valence-electron chi connectivity index (χ4n) is 2.61. The molecular formula is C15H5N5O2S2. The van der Waals surface area contributed by atoms with E-state index in [-0.39, 0.29) is 0 Å². The molecule has 0 unspecified atom stereocenters. The fourth-order valence-corrected chi connectivity index (χ4v) is 4.30. The van der Waals surface area contributed by atoms with Gasteiger partial charge in [0.1, 0.15) is 11.0 Å². The second-order valence-corrected chi connectivity index (χ2v) is 7.08. The van der Waals surface area contributed by atoms with Crippen molar-refractivity contribution in [1.29, 1.82) is 0 Å². The minimum Gasteiger partial charge on any atom is -0.425 e. The normalized spacial score (nSPS) is 12.2. The molecule has 0 N–H and O–H groups in total. The molecule has 6 aromatic rings. The summed E-state index contributed by atoms with van der Waals surface area (Å²) in [6, 6.07) is 5.88. The van der Waals surface area contributed by atoms with Crippen molar-refractivity contribution in [2.75, 3.05) is 0 Å². The summed E-state index contributed by atoms with van der Waals surface area (Å²) in [5.74, 6) is 0.447. The third kappa shape index (κ3) is 1.67. The molecule has 0 saturated carbocycles. The smallest absolute Gasteiger partial charge is 0.258 e. The standard InChI is InChI=1S/C15H5N5O2S2/c1-6-10(23-5-17-6)3-11-7(1)19-15(24-11)14-18-9-2-8-12(21-4-16-8)20-13(9)22-14/h1-5H. The number of thiazole rings is 2. The molecule has 6 rings (SSSR count). The predicted molar refractivity (Wildman–Crippen MR) is 91.2 cm³/mol. The molecule has 0 radical (unpaired) electrons. The zero-order chi connectivity index (χ0) is 15.7. The number of hydrogen-bond acceptors (Lipinski definition) is 9. The van der Waals surface area contributed by atoms with Crippen molar-refractivity contribution < 1.29 is 8.83 Å². The molecule has 0 atom stereocenters. The maximum atomic E-state index is 5.77. The van der Waals surface area contributed by atoms with Crippen LogP contribution < -0.4 is 0 Å². The highest BCUT2D eigenvalue weighted by Crippen LogP contribution is 2.34. The summed E-state index contributed by atoms with van der Waals surface area (Å²) in [6.07, 6.45) is 1.35. The lowest BCUT2D eigenvalue weighted by Gasteiger charge is -1.86.